The molecule has 1 amide bonds. The molecule has 3 rings (SSSR count). The Balaban J connectivity index is 1.56. The maximum Gasteiger partial charge on any atom is 0.225 e. The minimum Gasteiger partial charge on any atom is -0.488 e. The lowest BCUT2D eigenvalue weighted by Gasteiger charge is -2.35. The fourth-order valence-corrected chi connectivity index (χ4v) is 3.05. The van der Waals surface area contributed by atoms with Crippen molar-refractivity contribution in [1.29, 1.82) is 0 Å². The third kappa shape index (κ3) is 3.73. The molecule has 1 aromatic rings. The summed E-state index contributed by atoms with van der Waals surface area (Å²) in [5.41, 5.74) is 0. The summed E-state index contributed by atoms with van der Waals surface area (Å²) in [6.45, 7) is 2.97. The van der Waals surface area contributed by atoms with Gasteiger partial charge in [-0.3, -0.25) is 9.78 Å². The van der Waals surface area contributed by atoms with Crippen molar-refractivity contribution >= 4 is 5.91 Å². The Hall–Kier alpha value is -1.62. The van der Waals surface area contributed by atoms with E-state index < -0.39 is 0 Å². The second-order valence-electron chi connectivity index (χ2n) is 5.74. The SMILES string of the molecule is O=C(C1CCOCC1)N1CCCC(Oc2ccncc2)C1. The van der Waals surface area contributed by atoms with Crippen molar-refractivity contribution in [3.63, 3.8) is 0 Å². The van der Waals surface area contributed by atoms with Crippen LogP contribution in [0.25, 0.3) is 0 Å². The second-order valence-corrected chi connectivity index (χ2v) is 5.74. The lowest BCUT2D eigenvalue weighted by atomic mass is 9.97. The Morgan fingerprint density at radius 3 is 2.76 bits per heavy atom. The molecule has 21 heavy (non-hydrogen) atoms. The predicted molar refractivity (Wildman–Crippen MR) is 78.0 cm³/mol. The number of carbonyl (C=O) groups excluding carboxylic acids is 1. The van der Waals surface area contributed by atoms with E-state index in [9.17, 15) is 4.79 Å². The first-order chi connectivity index (χ1) is 10.3. The number of ether oxygens (including phenoxy) is 2. The highest BCUT2D eigenvalue weighted by Crippen LogP contribution is 2.22. The smallest absolute Gasteiger partial charge is 0.225 e. The van der Waals surface area contributed by atoms with Crippen molar-refractivity contribution in [2.75, 3.05) is 26.3 Å². The molecule has 2 aliphatic heterocycles. The lowest BCUT2D eigenvalue weighted by molar-refractivity contribution is -0.141. The highest BCUT2D eigenvalue weighted by atomic mass is 16.5. The average Bonchev–Trinajstić information content (AvgIpc) is 2.56. The van der Waals surface area contributed by atoms with E-state index >= 15 is 0 Å². The maximum absolute atomic E-state index is 12.6. The van der Waals surface area contributed by atoms with E-state index in [1.165, 1.54) is 0 Å². The molecule has 114 valence electrons. The van der Waals surface area contributed by atoms with E-state index in [2.05, 4.69) is 4.98 Å². The molecule has 5 nitrogen and oxygen atoms in total. The number of pyridine rings is 1. The van der Waals surface area contributed by atoms with Crippen LogP contribution in [0.1, 0.15) is 25.7 Å². The fraction of sp³-hybridized carbons (Fsp3) is 0.625. The van der Waals surface area contributed by atoms with Crippen LogP contribution in [0.3, 0.4) is 0 Å². The van der Waals surface area contributed by atoms with Crippen molar-refractivity contribution < 1.29 is 14.3 Å². The molecule has 2 saturated heterocycles. The molecule has 0 saturated carbocycles. The highest BCUT2D eigenvalue weighted by Gasteiger charge is 2.30. The zero-order chi connectivity index (χ0) is 14.5. The molecule has 0 radical (unpaired) electrons. The van der Waals surface area contributed by atoms with Crippen molar-refractivity contribution in [3.8, 4) is 5.75 Å². The van der Waals surface area contributed by atoms with Crippen molar-refractivity contribution in [2.24, 2.45) is 5.92 Å². The standard InChI is InChI=1S/C16H22N2O3/c19-16(13-5-10-20-11-6-13)18-9-1-2-15(12-18)21-14-3-7-17-8-4-14/h3-4,7-8,13,15H,1-2,5-6,9-12H2. The van der Waals surface area contributed by atoms with Crippen LogP contribution in [-0.4, -0.2) is 48.2 Å². The molecule has 1 unspecified atom stereocenters. The van der Waals surface area contributed by atoms with Gasteiger partial charge in [0.15, 0.2) is 0 Å². The van der Waals surface area contributed by atoms with Gasteiger partial charge >= 0.3 is 0 Å². The van der Waals surface area contributed by atoms with Crippen LogP contribution in [0, 0.1) is 5.92 Å². The van der Waals surface area contributed by atoms with E-state index in [1.807, 2.05) is 17.0 Å². The van der Waals surface area contributed by atoms with Gasteiger partial charge in [0.05, 0.1) is 6.54 Å². The van der Waals surface area contributed by atoms with Crippen LogP contribution in [0.2, 0.25) is 0 Å². The Kier molecular flexibility index (Phi) is 4.70. The molecule has 0 N–H and O–H groups in total. The maximum atomic E-state index is 12.6. The zero-order valence-electron chi connectivity index (χ0n) is 12.2. The molecule has 1 atom stereocenters. The van der Waals surface area contributed by atoms with Crippen molar-refractivity contribution in [1.82, 2.24) is 9.88 Å². The first-order valence-electron chi connectivity index (χ1n) is 7.76. The zero-order valence-corrected chi connectivity index (χ0v) is 12.2. The largest absolute Gasteiger partial charge is 0.488 e. The van der Waals surface area contributed by atoms with Crippen LogP contribution in [0.4, 0.5) is 0 Å². The number of aromatic nitrogens is 1. The van der Waals surface area contributed by atoms with Gasteiger partial charge in [0.1, 0.15) is 11.9 Å². The number of nitrogens with zero attached hydrogens (tertiary/aromatic N) is 2. The third-order valence-electron chi connectivity index (χ3n) is 4.21. The number of likely N-dealkylation sites (tertiary alicyclic amines) is 1. The van der Waals surface area contributed by atoms with Crippen molar-refractivity contribution in [3.05, 3.63) is 24.5 Å². The molecule has 0 bridgehead atoms. The summed E-state index contributed by atoms with van der Waals surface area (Å²) in [7, 11) is 0. The highest BCUT2D eigenvalue weighted by molar-refractivity contribution is 5.79. The second kappa shape index (κ2) is 6.89. The number of carbonyl (C=O) groups is 1. The third-order valence-corrected chi connectivity index (χ3v) is 4.21. The predicted octanol–water partition coefficient (Wildman–Crippen LogP) is 1.88. The molecule has 0 spiro atoms. The van der Waals surface area contributed by atoms with Gasteiger partial charge in [-0.25, -0.2) is 0 Å². The van der Waals surface area contributed by atoms with Gasteiger partial charge in [-0.15, -0.1) is 0 Å². The average molecular weight is 290 g/mol. The number of amides is 1. The minimum absolute atomic E-state index is 0.0879. The fourth-order valence-electron chi connectivity index (χ4n) is 3.05. The topological polar surface area (TPSA) is 51.7 Å². The first-order valence-corrected chi connectivity index (χ1v) is 7.76. The lowest BCUT2D eigenvalue weighted by Crippen LogP contribution is -2.47. The number of hydrogen-bond acceptors (Lipinski definition) is 4. The summed E-state index contributed by atoms with van der Waals surface area (Å²) >= 11 is 0. The molecule has 5 heteroatoms. The van der Waals surface area contributed by atoms with Crippen molar-refractivity contribution in [2.45, 2.75) is 31.8 Å². The monoisotopic (exact) mass is 290 g/mol. The summed E-state index contributed by atoms with van der Waals surface area (Å²) in [6.07, 6.45) is 7.25. The van der Waals surface area contributed by atoms with Crippen LogP contribution < -0.4 is 4.74 Å². The van der Waals surface area contributed by atoms with Crippen LogP contribution in [0.5, 0.6) is 5.75 Å². The van der Waals surface area contributed by atoms with Gasteiger partial charge in [0.25, 0.3) is 0 Å². The van der Waals surface area contributed by atoms with Gasteiger partial charge in [-0.05, 0) is 37.8 Å². The summed E-state index contributed by atoms with van der Waals surface area (Å²) in [4.78, 5) is 18.5. The molecule has 0 aliphatic carbocycles. The Bertz CT molecular complexity index is 460. The Morgan fingerprint density at radius 2 is 2.00 bits per heavy atom. The van der Waals surface area contributed by atoms with Gasteiger partial charge in [-0.1, -0.05) is 0 Å². The molecule has 2 aliphatic rings. The number of rotatable bonds is 3. The van der Waals surface area contributed by atoms with Gasteiger partial charge in [0, 0.05) is 38.1 Å². The van der Waals surface area contributed by atoms with Crippen LogP contribution in [-0.2, 0) is 9.53 Å². The molecule has 1 aromatic heterocycles. The first kappa shape index (κ1) is 14.3. The Labute approximate surface area is 125 Å². The van der Waals surface area contributed by atoms with E-state index in [0.29, 0.717) is 19.8 Å². The molecule has 2 fully saturated rings. The summed E-state index contributed by atoms with van der Waals surface area (Å²) in [6, 6.07) is 3.72. The molecular weight excluding hydrogens is 268 g/mol. The van der Waals surface area contributed by atoms with Crippen LogP contribution >= 0.6 is 0 Å². The summed E-state index contributed by atoms with van der Waals surface area (Å²) < 4.78 is 11.3. The normalized spacial score (nSPS) is 23.8. The number of hydrogen-bond donors (Lipinski definition) is 0. The van der Waals surface area contributed by atoms with Crippen LogP contribution in [0.15, 0.2) is 24.5 Å². The van der Waals surface area contributed by atoms with E-state index in [4.69, 9.17) is 9.47 Å². The van der Waals surface area contributed by atoms with E-state index in [-0.39, 0.29) is 17.9 Å². The number of piperidine rings is 1. The van der Waals surface area contributed by atoms with E-state index in [1.54, 1.807) is 12.4 Å². The Morgan fingerprint density at radius 1 is 1.24 bits per heavy atom. The van der Waals surface area contributed by atoms with Gasteiger partial charge in [-0.2, -0.15) is 0 Å². The quantitative estimate of drug-likeness (QED) is 0.853. The summed E-state index contributed by atoms with van der Waals surface area (Å²) in [5, 5.41) is 0. The molecular formula is C16H22N2O3. The minimum atomic E-state index is 0.0879. The molecule has 0 aromatic carbocycles. The van der Waals surface area contributed by atoms with Gasteiger partial charge in [0.2, 0.25) is 5.91 Å². The summed E-state index contributed by atoms with van der Waals surface area (Å²) in [5.74, 6) is 1.25. The van der Waals surface area contributed by atoms with Gasteiger partial charge < -0.3 is 14.4 Å². The molecule has 3 heterocycles. The van der Waals surface area contributed by atoms with E-state index in [0.717, 1.165) is 38.0 Å².